The summed E-state index contributed by atoms with van der Waals surface area (Å²) in [6.45, 7) is 1.06. The zero-order valence-electron chi connectivity index (χ0n) is 15.5. The van der Waals surface area contributed by atoms with Gasteiger partial charge in [-0.25, -0.2) is 9.78 Å². The number of rotatable bonds is 2. The second kappa shape index (κ2) is 6.77. The summed E-state index contributed by atoms with van der Waals surface area (Å²) in [4.78, 5) is 46.5. The van der Waals surface area contributed by atoms with Gasteiger partial charge in [0.25, 0.3) is 11.5 Å². The first kappa shape index (κ1) is 17.5. The van der Waals surface area contributed by atoms with Gasteiger partial charge in [0.2, 0.25) is 6.79 Å². The lowest BCUT2D eigenvalue weighted by atomic mass is 10.0. The Morgan fingerprint density at radius 3 is 2.72 bits per heavy atom. The maximum atomic E-state index is 12.8. The Bertz CT molecular complexity index is 1220. The Balaban J connectivity index is 1.36. The van der Waals surface area contributed by atoms with Crippen molar-refractivity contribution in [2.75, 3.05) is 19.9 Å². The fourth-order valence-electron chi connectivity index (χ4n) is 3.93. The van der Waals surface area contributed by atoms with Crippen LogP contribution in [0.1, 0.15) is 29.2 Å². The van der Waals surface area contributed by atoms with Gasteiger partial charge < -0.3 is 14.4 Å². The van der Waals surface area contributed by atoms with E-state index >= 15 is 0 Å². The van der Waals surface area contributed by atoms with Gasteiger partial charge in [-0.2, -0.15) is 0 Å². The predicted molar refractivity (Wildman–Crippen MR) is 103 cm³/mol. The third-order valence-electron chi connectivity index (χ3n) is 5.44. The molecule has 148 valence electrons. The van der Waals surface area contributed by atoms with E-state index in [1.165, 1.54) is 10.8 Å². The number of piperidine rings is 1. The van der Waals surface area contributed by atoms with Gasteiger partial charge in [-0.15, -0.1) is 0 Å². The molecule has 0 radical (unpaired) electrons. The van der Waals surface area contributed by atoms with Crippen LogP contribution in [-0.4, -0.2) is 45.2 Å². The molecule has 0 aliphatic carbocycles. The maximum absolute atomic E-state index is 12.8. The highest BCUT2D eigenvalue weighted by Gasteiger charge is 2.28. The third-order valence-corrected chi connectivity index (χ3v) is 5.44. The Kier molecular flexibility index (Phi) is 4.08. The molecule has 0 spiro atoms. The number of amides is 1. The van der Waals surface area contributed by atoms with Gasteiger partial charge in [-0.3, -0.25) is 19.1 Å². The molecule has 2 aliphatic heterocycles. The minimum atomic E-state index is -0.471. The van der Waals surface area contributed by atoms with E-state index in [4.69, 9.17) is 9.47 Å². The topological polar surface area (TPSA) is 107 Å². The molecule has 1 N–H and O–H groups in total. The number of carbonyl (C=O) groups excluding carboxylic acids is 1. The van der Waals surface area contributed by atoms with Gasteiger partial charge in [0, 0.05) is 30.9 Å². The second-order valence-electron chi connectivity index (χ2n) is 7.10. The van der Waals surface area contributed by atoms with Crippen LogP contribution in [0.2, 0.25) is 0 Å². The van der Waals surface area contributed by atoms with Crippen molar-refractivity contribution in [1.29, 1.82) is 0 Å². The van der Waals surface area contributed by atoms with Crippen LogP contribution in [0.4, 0.5) is 0 Å². The van der Waals surface area contributed by atoms with Crippen molar-refractivity contribution in [1.82, 2.24) is 19.4 Å². The van der Waals surface area contributed by atoms with Crippen LogP contribution < -0.4 is 20.7 Å². The molecule has 2 aliphatic rings. The summed E-state index contributed by atoms with van der Waals surface area (Å²) < 4.78 is 11.9. The number of nitrogens with zero attached hydrogens (tertiary/aromatic N) is 3. The minimum Gasteiger partial charge on any atom is -0.454 e. The number of aromatic amines is 1. The van der Waals surface area contributed by atoms with E-state index in [1.54, 1.807) is 35.2 Å². The molecule has 0 atom stereocenters. The summed E-state index contributed by atoms with van der Waals surface area (Å²) in [6, 6.07) is 8.17. The highest BCUT2D eigenvalue weighted by molar-refractivity contribution is 5.95. The lowest BCUT2D eigenvalue weighted by Crippen LogP contribution is -2.45. The van der Waals surface area contributed by atoms with Crippen molar-refractivity contribution in [3.8, 4) is 11.5 Å². The lowest BCUT2D eigenvalue weighted by molar-refractivity contribution is 0.0691. The molecule has 9 heteroatoms. The molecular formula is C20H18N4O5. The molecule has 0 unspecified atom stereocenters. The van der Waals surface area contributed by atoms with E-state index in [0.29, 0.717) is 48.4 Å². The summed E-state index contributed by atoms with van der Waals surface area (Å²) in [7, 11) is 0. The van der Waals surface area contributed by atoms with E-state index in [9.17, 15) is 14.4 Å². The zero-order chi connectivity index (χ0) is 20.0. The smallest absolute Gasteiger partial charge is 0.330 e. The number of pyridine rings is 1. The standard InChI is InChI=1S/C20H18N4O5/c25-18(12-3-4-15-16(10-12)29-11-28-15)23-8-5-13(6-9-23)24-19(26)14-2-1-7-21-17(14)22-20(24)27/h1-4,7,10,13H,5-6,8-9,11H2,(H,21,22,27). The van der Waals surface area contributed by atoms with Crippen molar-refractivity contribution < 1.29 is 14.3 Å². The summed E-state index contributed by atoms with van der Waals surface area (Å²) in [5, 5.41) is 0.381. The number of hydrogen-bond donors (Lipinski definition) is 1. The average molecular weight is 394 g/mol. The molecule has 2 aromatic heterocycles. The van der Waals surface area contributed by atoms with E-state index < -0.39 is 5.69 Å². The summed E-state index contributed by atoms with van der Waals surface area (Å²) in [5.41, 5.74) is -0.00666. The number of ether oxygens (including phenoxy) is 2. The second-order valence-corrected chi connectivity index (χ2v) is 7.10. The molecule has 0 saturated carbocycles. The first-order valence-corrected chi connectivity index (χ1v) is 9.40. The van der Waals surface area contributed by atoms with Gasteiger partial charge in [-0.1, -0.05) is 0 Å². The quantitative estimate of drug-likeness (QED) is 0.702. The SMILES string of the molecule is O=C(c1ccc2c(c1)OCO2)N1CCC(n2c(=O)[nH]c3ncccc3c2=O)CC1. The number of likely N-dealkylation sites (tertiary alicyclic amines) is 1. The van der Waals surface area contributed by atoms with E-state index in [0.717, 1.165) is 0 Å². The van der Waals surface area contributed by atoms with E-state index in [-0.39, 0.29) is 29.9 Å². The normalized spacial score (nSPS) is 16.3. The number of H-pyrrole nitrogens is 1. The van der Waals surface area contributed by atoms with Crippen LogP contribution in [0.15, 0.2) is 46.1 Å². The molecule has 0 bridgehead atoms. The maximum Gasteiger partial charge on any atom is 0.330 e. The Hall–Kier alpha value is -3.62. The van der Waals surface area contributed by atoms with Crippen LogP contribution in [0.5, 0.6) is 11.5 Å². The molecule has 29 heavy (non-hydrogen) atoms. The van der Waals surface area contributed by atoms with Crippen LogP contribution in [0, 0.1) is 0 Å². The number of aromatic nitrogens is 3. The Labute approximate surface area is 164 Å². The van der Waals surface area contributed by atoms with Crippen LogP contribution in [0.3, 0.4) is 0 Å². The van der Waals surface area contributed by atoms with Crippen molar-refractivity contribution in [2.24, 2.45) is 0 Å². The zero-order valence-corrected chi connectivity index (χ0v) is 15.5. The number of carbonyl (C=O) groups is 1. The van der Waals surface area contributed by atoms with Crippen LogP contribution in [0.25, 0.3) is 11.0 Å². The fraction of sp³-hybridized carbons (Fsp3) is 0.300. The third kappa shape index (κ3) is 2.95. The highest BCUT2D eigenvalue weighted by atomic mass is 16.7. The minimum absolute atomic E-state index is 0.106. The number of fused-ring (bicyclic) bond motifs is 2. The fourth-order valence-corrected chi connectivity index (χ4v) is 3.93. The lowest BCUT2D eigenvalue weighted by Gasteiger charge is -2.32. The first-order chi connectivity index (χ1) is 14.1. The molecule has 1 fully saturated rings. The van der Waals surface area contributed by atoms with Crippen molar-refractivity contribution in [3.05, 3.63) is 62.9 Å². The summed E-state index contributed by atoms with van der Waals surface area (Å²) in [5.74, 6) is 1.09. The Morgan fingerprint density at radius 1 is 1.10 bits per heavy atom. The number of hydrogen-bond acceptors (Lipinski definition) is 6. The average Bonchev–Trinajstić information content (AvgIpc) is 3.22. The van der Waals surface area contributed by atoms with E-state index in [2.05, 4.69) is 9.97 Å². The van der Waals surface area contributed by atoms with Gasteiger partial charge >= 0.3 is 5.69 Å². The van der Waals surface area contributed by atoms with Crippen LogP contribution in [-0.2, 0) is 0 Å². The van der Waals surface area contributed by atoms with E-state index in [1.807, 2.05) is 0 Å². The number of benzene rings is 1. The first-order valence-electron chi connectivity index (χ1n) is 9.40. The molecular weight excluding hydrogens is 376 g/mol. The van der Waals surface area contributed by atoms with Gasteiger partial charge in [-0.05, 0) is 43.2 Å². The number of nitrogens with one attached hydrogen (secondary N) is 1. The Morgan fingerprint density at radius 2 is 1.90 bits per heavy atom. The van der Waals surface area contributed by atoms with Crippen molar-refractivity contribution in [3.63, 3.8) is 0 Å². The molecule has 1 amide bonds. The molecule has 1 saturated heterocycles. The molecule has 5 rings (SSSR count). The van der Waals surface area contributed by atoms with Gasteiger partial charge in [0.1, 0.15) is 5.65 Å². The predicted octanol–water partition coefficient (Wildman–Crippen LogP) is 1.29. The summed E-state index contributed by atoms with van der Waals surface area (Å²) >= 11 is 0. The van der Waals surface area contributed by atoms with Gasteiger partial charge in [0.15, 0.2) is 11.5 Å². The molecule has 1 aromatic carbocycles. The molecule has 4 heterocycles. The monoisotopic (exact) mass is 394 g/mol. The molecule has 9 nitrogen and oxygen atoms in total. The van der Waals surface area contributed by atoms with Gasteiger partial charge in [0.05, 0.1) is 5.39 Å². The van der Waals surface area contributed by atoms with Crippen molar-refractivity contribution >= 4 is 16.9 Å². The van der Waals surface area contributed by atoms with Crippen LogP contribution >= 0.6 is 0 Å². The van der Waals surface area contributed by atoms with Crippen molar-refractivity contribution in [2.45, 2.75) is 18.9 Å². The summed E-state index contributed by atoms with van der Waals surface area (Å²) in [6.07, 6.45) is 2.57. The largest absolute Gasteiger partial charge is 0.454 e. The highest BCUT2D eigenvalue weighted by Crippen LogP contribution is 2.33. The molecule has 3 aromatic rings.